The summed E-state index contributed by atoms with van der Waals surface area (Å²) < 4.78 is 16.8. The van der Waals surface area contributed by atoms with Crippen LogP contribution < -0.4 is 5.56 Å². The van der Waals surface area contributed by atoms with Gasteiger partial charge in [-0.3, -0.25) is 9.36 Å². The van der Waals surface area contributed by atoms with E-state index in [1.54, 1.807) is 23.5 Å². The fourth-order valence-corrected chi connectivity index (χ4v) is 7.74. The summed E-state index contributed by atoms with van der Waals surface area (Å²) in [7, 11) is 0. The Balaban J connectivity index is 1.32. The number of H-pyrrole nitrogens is 1. The highest BCUT2D eigenvalue weighted by Gasteiger charge is 2.26. The average Bonchev–Trinajstić information content (AvgIpc) is 3.44. The van der Waals surface area contributed by atoms with Gasteiger partial charge >= 0.3 is 0 Å². The molecule has 0 unspecified atom stereocenters. The Labute approximate surface area is 211 Å². The molecule has 1 atom stereocenters. The summed E-state index contributed by atoms with van der Waals surface area (Å²) in [5.74, 6) is 2.06. The van der Waals surface area contributed by atoms with Crippen LogP contribution in [-0.2, 0) is 18.6 Å². The Hall–Kier alpha value is -2.52. The summed E-state index contributed by atoms with van der Waals surface area (Å²) >= 11 is 3.17. The fraction of sp³-hybridized carbons (Fsp3) is 0.462. The molecule has 0 amide bonds. The number of nitrogens with zero attached hydrogens (tertiary/aromatic N) is 4. The van der Waals surface area contributed by atoms with Gasteiger partial charge in [0.2, 0.25) is 0 Å². The molecule has 0 spiro atoms. The number of hydrogen-bond acceptors (Lipinski definition) is 6. The van der Waals surface area contributed by atoms with Crippen LogP contribution in [0.25, 0.3) is 21.6 Å². The second-order valence-corrected chi connectivity index (χ2v) is 11.8. The molecule has 2 aliphatic rings. The van der Waals surface area contributed by atoms with E-state index >= 15 is 0 Å². The number of rotatable bonds is 5. The van der Waals surface area contributed by atoms with E-state index in [4.69, 9.17) is 4.98 Å². The van der Waals surface area contributed by atoms with Gasteiger partial charge in [-0.15, -0.1) is 21.5 Å². The number of aromatic amines is 1. The highest BCUT2D eigenvalue weighted by atomic mass is 32.2. The zero-order valence-electron chi connectivity index (χ0n) is 19.7. The average molecular weight is 510 g/mol. The second-order valence-electron chi connectivity index (χ2n) is 9.78. The molecule has 3 aromatic heterocycles. The molecule has 4 aromatic rings. The molecule has 6 nitrogen and oxygen atoms in total. The molecule has 1 N–H and O–H groups in total. The first-order valence-corrected chi connectivity index (χ1v) is 14.2. The molecule has 2 aliphatic carbocycles. The van der Waals surface area contributed by atoms with Crippen LogP contribution in [0.1, 0.15) is 67.8 Å². The largest absolute Gasteiger partial charge is 0.309 e. The van der Waals surface area contributed by atoms with Crippen molar-refractivity contribution in [3.05, 3.63) is 56.7 Å². The van der Waals surface area contributed by atoms with Gasteiger partial charge in [0.1, 0.15) is 16.5 Å². The number of aromatic nitrogens is 5. The van der Waals surface area contributed by atoms with Gasteiger partial charge in [-0.25, -0.2) is 9.37 Å². The van der Waals surface area contributed by atoms with Gasteiger partial charge in [0.05, 0.1) is 16.7 Å². The van der Waals surface area contributed by atoms with Gasteiger partial charge in [0.25, 0.3) is 5.56 Å². The number of halogens is 1. The van der Waals surface area contributed by atoms with Crippen molar-refractivity contribution in [3.63, 3.8) is 0 Å². The van der Waals surface area contributed by atoms with E-state index in [0.717, 1.165) is 60.3 Å². The first-order valence-electron chi connectivity index (χ1n) is 12.4. The Morgan fingerprint density at radius 3 is 2.83 bits per heavy atom. The van der Waals surface area contributed by atoms with E-state index in [-0.39, 0.29) is 17.4 Å². The normalized spacial score (nSPS) is 18.7. The predicted molar refractivity (Wildman–Crippen MR) is 139 cm³/mol. The number of thiophene rings is 1. The van der Waals surface area contributed by atoms with Gasteiger partial charge in [-0.2, -0.15) is 0 Å². The molecule has 0 saturated heterocycles. The molecule has 1 aromatic carbocycles. The van der Waals surface area contributed by atoms with Gasteiger partial charge in [0, 0.05) is 10.9 Å². The third kappa shape index (κ3) is 4.33. The molecule has 0 bridgehead atoms. The fourth-order valence-electron chi connectivity index (χ4n) is 5.46. The van der Waals surface area contributed by atoms with Crippen molar-refractivity contribution in [3.8, 4) is 11.4 Å². The van der Waals surface area contributed by atoms with E-state index in [2.05, 4.69) is 26.7 Å². The Kier molecular flexibility index (Phi) is 6.22. The van der Waals surface area contributed by atoms with E-state index in [1.807, 2.05) is 6.07 Å². The maximum atomic E-state index is 14.7. The lowest BCUT2D eigenvalue weighted by Crippen LogP contribution is -2.16. The van der Waals surface area contributed by atoms with Gasteiger partial charge in [-0.05, 0) is 55.7 Å². The van der Waals surface area contributed by atoms with E-state index in [1.165, 1.54) is 34.7 Å². The summed E-state index contributed by atoms with van der Waals surface area (Å²) in [6.07, 6.45) is 8.71. The van der Waals surface area contributed by atoms with E-state index in [0.29, 0.717) is 28.9 Å². The number of fused-ring (bicyclic) bond motifs is 3. The third-order valence-electron chi connectivity index (χ3n) is 7.27. The number of thioether (sulfide) groups is 1. The quantitative estimate of drug-likeness (QED) is 0.319. The Morgan fingerprint density at radius 2 is 2.00 bits per heavy atom. The number of hydrogen-bond donors (Lipinski definition) is 1. The van der Waals surface area contributed by atoms with Crippen molar-refractivity contribution in [2.45, 2.75) is 75.2 Å². The van der Waals surface area contributed by atoms with Crippen LogP contribution in [0.2, 0.25) is 0 Å². The minimum atomic E-state index is -0.291. The molecule has 3 heterocycles. The molecule has 182 valence electrons. The molecule has 0 radical (unpaired) electrons. The van der Waals surface area contributed by atoms with Crippen molar-refractivity contribution in [2.75, 3.05) is 0 Å². The molecule has 9 heteroatoms. The molecule has 1 saturated carbocycles. The highest BCUT2D eigenvalue weighted by molar-refractivity contribution is 7.98. The zero-order valence-corrected chi connectivity index (χ0v) is 21.4. The highest BCUT2D eigenvalue weighted by Crippen LogP contribution is 2.38. The van der Waals surface area contributed by atoms with E-state index in [9.17, 15) is 9.18 Å². The summed E-state index contributed by atoms with van der Waals surface area (Å²) in [6, 6.07) is 7.00. The van der Waals surface area contributed by atoms with Crippen molar-refractivity contribution in [2.24, 2.45) is 5.92 Å². The van der Waals surface area contributed by atoms with Crippen LogP contribution in [-0.4, -0.2) is 24.7 Å². The van der Waals surface area contributed by atoms with Gasteiger partial charge < -0.3 is 4.98 Å². The molecule has 35 heavy (non-hydrogen) atoms. The Bertz CT molecular complexity index is 1440. The lowest BCUT2D eigenvalue weighted by molar-refractivity contribution is 0.339. The van der Waals surface area contributed by atoms with Crippen molar-refractivity contribution >= 4 is 33.3 Å². The molecular weight excluding hydrogens is 481 g/mol. The number of benzene rings is 1. The predicted octanol–water partition coefficient (Wildman–Crippen LogP) is 6.30. The first-order chi connectivity index (χ1) is 17.1. The molecule has 6 rings (SSSR count). The summed E-state index contributed by atoms with van der Waals surface area (Å²) in [5.41, 5.74) is 1.63. The van der Waals surface area contributed by atoms with Gasteiger partial charge in [0.15, 0.2) is 11.0 Å². The van der Waals surface area contributed by atoms with Gasteiger partial charge in [-0.1, -0.05) is 50.1 Å². The first kappa shape index (κ1) is 22.9. The maximum absolute atomic E-state index is 14.7. The lowest BCUT2D eigenvalue weighted by atomic mass is 9.89. The summed E-state index contributed by atoms with van der Waals surface area (Å²) in [4.78, 5) is 23.0. The monoisotopic (exact) mass is 509 g/mol. The zero-order chi connectivity index (χ0) is 23.9. The lowest BCUT2D eigenvalue weighted by Gasteiger charge is -2.25. The minimum Gasteiger partial charge on any atom is -0.309 e. The third-order valence-corrected chi connectivity index (χ3v) is 9.37. The van der Waals surface area contributed by atoms with Crippen LogP contribution >= 0.6 is 23.1 Å². The van der Waals surface area contributed by atoms with Crippen LogP contribution in [0.3, 0.4) is 0 Å². The standard InChI is InChI=1S/C26H28FN5OS2/c1-15-11-12-18-20(13-15)35-25-22(18)24(33)28-21(29-25)14-34-26-31-30-23(17-9-5-6-10-19(17)27)32(26)16-7-3-2-4-8-16/h5-6,9-10,15-16H,2-4,7-8,11-14H2,1H3,(H,28,29,33)/t15-/m0/s1. The smallest absolute Gasteiger partial charge is 0.259 e. The van der Waals surface area contributed by atoms with Crippen molar-refractivity contribution < 1.29 is 4.39 Å². The molecule has 0 aliphatic heterocycles. The number of aryl methyl sites for hydroxylation is 1. The van der Waals surface area contributed by atoms with Crippen LogP contribution in [0.15, 0.2) is 34.2 Å². The van der Waals surface area contributed by atoms with Crippen molar-refractivity contribution in [1.29, 1.82) is 0 Å². The number of nitrogens with one attached hydrogen (secondary N) is 1. The van der Waals surface area contributed by atoms with Crippen LogP contribution in [0.4, 0.5) is 4.39 Å². The summed E-state index contributed by atoms with van der Waals surface area (Å²) in [5, 5.41) is 10.4. The second kappa shape index (κ2) is 9.50. The van der Waals surface area contributed by atoms with Crippen LogP contribution in [0, 0.1) is 11.7 Å². The van der Waals surface area contributed by atoms with Crippen molar-refractivity contribution in [1.82, 2.24) is 24.7 Å². The minimum absolute atomic E-state index is 0.0431. The van der Waals surface area contributed by atoms with E-state index < -0.39 is 0 Å². The summed E-state index contributed by atoms with van der Waals surface area (Å²) in [6.45, 7) is 2.27. The molecular formula is C26H28FN5OS2. The SMILES string of the molecule is C[C@H]1CCc2c(sc3nc(CSc4nnc(-c5ccccc5F)n4C4CCCCC4)[nH]c(=O)c23)C1. The molecule has 1 fully saturated rings. The topological polar surface area (TPSA) is 76.5 Å². The van der Waals surface area contributed by atoms with Crippen LogP contribution in [0.5, 0.6) is 0 Å². The Morgan fingerprint density at radius 1 is 1.17 bits per heavy atom. The maximum Gasteiger partial charge on any atom is 0.259 e.